The fourth-order valence-electron chi connectivity index (χ4n) is 3.34. The third-order valence-corrected chi connectivity index (χ3v) is 4.13. The van der Waals surface area contributed by atoms with Crippen LogP contribution in [-0.4, -0.2) is 42.1 Å². The van der Waals surface area contributed by atoms with E-state index in [-0.39, 0.29) is 36.6 Å². The average molecular weight is 340 g/mol. The molecular formula is C18H26F2N2O2. The quantitative estimate of drug-likeness (QED) is 0.896. The second-order valence-electron chi connectivity index (χ2n) is 6.90. The lowest BCUT2D eigenvalue weighted by Crippen LogP contribution is -2.56. The normalized spacial score (nSPS) is 23.3. The lowest BCUT2D eigenvalue weighted by Gasteiger charge is -2.41. The van der Waals surface area contributed by atoms with Crippen molar-refractivity contribution < 1.29 is 18.3 Å². The van der Waals surface area contributed by atoms with Crippen molar-refractivity contribution in [2.45, 2.75) is 52.5 Å². The van der Waals surface area contributed by atoms with Gasteiger partial charge in [-0.05, 0) is 37.5 Å². The Morgan fingerprint density at radius 3 is 2.25 bits per heavy atom. The van der Waals surface area contributed by atoms with Gasteiger partial charge in [-0.2, -0.15) is 0 Å². The molecule has 4 nitrogen and oxygen atoms in total. The number of carbonyl (C=O) groups excluding carboxylic acids is 1. The van der Waals surface area contributed by atoms with Crippen molar-refractivity contribution >= 4 is 5.91 Å². The number of carbonyl (C=O) groups is 1. The molecule has 0 bridgehead atoms. The van der Waals surface area contributed by atoms with Gasteiger partial charge in [0.25, 0.3) is 0 Å². The van der Waals surface area contributed by atoms with Crippen LogP contribution in [0.1, 0.15) is 33.3 Å². The molecule has 3 atom stereocenters. The number of hydrogen-bond acceptors (Lipinski definition) is 3. The van der Waals surface area contributed by atoms with Crippen molar-refractivity contribution in [3.63, 3.8) is 0 Å². The van der Waals surface area contributed by atoms with Crippen LogP contribution in [0.2, 0.25) is 0 Å². The van der Waals surface area contributed by atoms with Crippen LogP contribution < -0.4 is 5.32 Å². The Morgan fingerprint density at radius 1 is 1.21 bits per heavy atom. The van der Waals surface area contributed by atoms with E-state index in [4.69, 9.17) is 4.74 Å². The number of hydrogen-bond donors (Lipinski definition) is 1. The number of amides is 1. The number of nitrogens with zero attached hydrogens (tertiary/aromatic N) is 1. The standard InChI is InChI=1S/C18H26F2N2O2/c1-11(2)17(22-9-12(3)24-13(4)10-22)18(23)21-8-14-5-15(19)7-16(20)6-14/h5-7,11-13,17H,8-10H2,1-4H3,(H,21,23). The Hall–Kier alpha value is -1.53. The molecule has 0 radical (unpaired) electrons. The zero-order valence-corrected chi connectivity index (χ0v) is 14.7. The molecule has 1 saturated heterocycles. The summed E-state index contributed by atoms with van der Waals surface area (Å²) in [5.41, 5.74) is 0.409. The van der Waals surface area contributed by atoms with Gasteiger partial charge in [0.05, 0.1) is 18.2 Å². The van der Waals surface area contributed by atoms with Gasteiger partial charge in [-0.1, -0.05) is 13.8 Å². The Labute approximate surface area is 142 Å². The minimum Gasteiger partial charge on any atom is -0.373 e. The van der Waals surface area contributed by atoms with Crippen molar-refractivity contribution in [3.8, 4) is 0 Å². The molecule has 1 fully saturated rings. The third-order valence-electron chi connectivity index (χ3n) is 4.13. The number of benzene rings is 1. The molecule has 0 spiro atoms. The van der Waals surface area contributed by atoms with Gasteiger partial charge in [-0.3, -0.25) is 9.69 Å². The molecule has 1 heterocycles. The van der Waals surface area contributed by atoms with E-state index in [9.17, 15) is 13.6 Å². The molecule has 3 unspecified atom stereocenters. The zero-order chi connectivity index (χ0) is 17.9. The first kappa shape index (κ1) is 18.8. The van der Waals surface area contributed by atoms with Crippen LogP contribution in [0.15, 0.2) is 18.2 Å². The van der Waals surface area contributed by atoms with E-state index in [1.54, 1.807) is 0 Å². The van der Waals surface area contributed by atoms with Gasteiger partial charge in [0.1, 0.15) is 11.6 Å². The Morgan fingerprint density at radius 2 is 1.75 bits per heavy atom. The molecule has 0 aliphatic carbocycles. The highest BCUT2D eigenvalue weighted by molar-refractivity contribution is 5.82. The maximum atomic E-state index is 13.2. The monoisotopic (exact) mass is 340 g/mol. The maximum absolute atomic E-state index is 13.2. The molecule has 0 aromatic heterocycles. The predicted octanol–water partition coefficient (Wildman–Crippen LogP) is 2.71. The molecule has 1 amide bonds. The fourth-order valence-corrected chi connectivity index (χ4v) is 3.34. The molecular weight excluding hydrogens is 314 g/mol. The number of halogens is 2. The van der Waals surface area contributed by atoms with Crippen LogP contribution in [0.4, 0.5) is 8.78 Å². The number of nitrogens with one attached hydrogen (secondary N) is 1. The van der Waals surface area contributed by atoms with Crippen molar-refractivity contribution in [2.24, 2.45) is 5.92 Å². The van der Waals surface area contributed by atoms with Crippen molar-refractivity contribution in [3.05, 3.63) is 35.4 Å². The number of ether oxygens (including phenoxy) is 1. The van der Waals surface area contributed by atoms with E-state index in [0.29, 0.717) is 18.7 Å². The topological polar surface area (TPSA) is 41.6 Å². The van der Waals surface area contributed by atoms with Gasteiger partial charge in [-0.25, -0.2) is 8.78 Å². The SMILES string of the molecule is CC1CN(C(C(=O)NCc2cc(F)cc(F)c2)C(C)C)CC(C)O1. The van der Waals surface area contributed by atoms with Crippen LogP contribution in [0.5, 0.6) is 0 Å². The van der Waals surface area contributed by atoms with E-state index >= 15 is 0 Å². The number of morpholine rings is 1. The molecule has 1 aromatic rings. The van der Waals surface area contributed by atoms with E-state index in [2.05, 4.69) is 10.2 Å². The number of rotatable bonds is 5. The third kappa shape index (κ3) is 4.98. The minimum absolute atomic E-state index is 0.0696. The summed E-state index contributed by atoms with van der Waals surface area (Å²) in [5.74, 6) is -1.30. The summed E-state index contributed by atoms with van der Waals surface area (Å²) in [6.07, 6.45) is 0.139. The smallest absolute Gasteiger partial charge is 0.237 e. The lowest BCUT2D eigenvalue weighted by molar-refractivity contribution is -0.135. The Balaban J connectivity index is 2.03. The van der Waals surface area contributed by atoms with E-state index in [0.717, 1.165) is 6.07 Å². The van der Waals surface area contributed by atoms with Crippen molar-refractivity contribution in [1.29, 1.82) is 0 Å². The highest BCUT2D eigenvalue weighted by Crippen LogP contribution is 2.19. The molecule has 1 aliphatic rings. The van der Waals surface area contributed by atoms with Crippen LogP contribution in [0, 0.1) is 17.6 Å². The highest BCUT2D eigenvalue weighted by atomic mass is 19.1. The highest BCUT2D eigenvalue weighted by Gasteiger charge is 2.33. The van der Waals surface area contributed by atoms with E-state index in [1.807, 2.05) is 27.7 Å². The lowest BCUT2D eigenvalue weighted by atomic mass is 9.99. The molecule has 1 aliphatic heterocycles. The summed E-state index contributed by atoms with van der Waals surface area (Å²) in [4.78, 5) is 14.8. The zero-order valence-electron chi connectivity index (χ0n) is 14.7. The second kappa shape index (κ2) is 8.03. The molecule has 134 valence electrons. The van der Waals surface area contributed by atoms with Gasteiger partial charge >= 0.3 is 0 Å². The van der Waals surface area contributed by atoms with Gasteiger partial charge in [0.15, 0.2) is 0 Å². The molecule has 2 rings (SSSR count). The van der Waals surface area contributed by atoms with Gasteiger partial charge in [0.2, 0.25) is 5.91 Å². The fraction of sp³-hybridized carbons (Fsp3) is 0.611. The predicted molar refractivity (Wildman–Crippen MR) is 88.4 cm³/mol. The molecule has 0 saturated carbocycles. The van der Waals surface area contributed by atoms with Gasteiger partial charge < -0.3 is 10.1 Å². The summed E-state index contributed by atoms with van der Waals surface area (Å²) in [6.45, 7) is 9.46. The second-order valence-corrected chi connectivity index (χ2v) is 6.90. The maximum Gasteiger partial charge on any atom is 0.237 e. The average Bonchev–Trinajstić information content (AvgIpc) is 2.42. The summed E-state index contributed by atoms with van der Waals surface area (Å²) in [6, 6.07) is 2.98. The van der Waals surface area contributed by atoms with Crippen LogP contribution >= 0.6 is 0 Å². The van der Waals surface area contributed by atoms with E-state index in [1.165, 1.54) is 12.1 Å². The van der Waals surface area contributed by atoms with E-state index < -0.39 is 11.6 Å². The minimum atomic E-state index is -0.643. The Kier molecular flexibility index (Phi) is 6.29. The molecule has 6 heteroatoms. The first-order chi connectivity index (χ1) is 11.3. The summed E-state index contributed by atoms with van der Waals surface area (Å²) >= 11 is 0. The van der Waals surface area contributed by atoms with Gasteiger partial charge in [0, 0.05) is 25.7 Å². The van der Waals surface area contributed by atoms with Crippen molar-refractivity contribution in [2.75, 3.05) is 13.1 Å². The van der Waals surface area contributed by atoms with Crippen molar-refractivity contribution in [1.82, 2.24) is 10.2 Å². The summed E-state index contributed by atoms with van der Waals surface area (Å²) < 4.78 is 32.2. The summed E-state index contributed by atoms with van der Waals surface area (Å²) in [5, 5.41) is 2.81. The van der Waals surface area contributed by atoms with Crippen LogP contribution in [0.3, 0.4) is 0 Å². The molecule has 1 N–H and O–H groups in total. The first-order valence-corrected chi connectivity index (χ1v) is 8.38. The first-order valence-electron chi connectivity index (χ1n) is 8.38. The van der Waals surface area contributed by atoms with Gasteiger partial charge in [-0.15, -0.1) is 0 Å². The Bertz CT molecular complexity index is 550. The molecule has 1 aromatic carbocycles. The molecule has 24 heavy (non-hydrogen) atoms. The van der Waals surface area contributed by atoms with Crippen LogP contribution in [0.25, 0.3) is 0 Å². The largest absolute Gasteiger partial charge is 0.373 e. The van der Waals surface area contributed by atoms with Crippen LogP contribution in [-0.2, 0) is 16.1 Å². The summed E-state index contributed by atoms with van der Waals surface area (Å²) in [7, 11) is 0.